The molecular weight excluding hydrogens is 445 g/mol. The summed E-state index contributed by atoms with van der Waals surface area (Å²) < 4.78 is 52.9. The first-order valence-electron chi connectivity index (χ1n) is 11.7. The van der Waals surface area contributed by atoms with Crippen LogP contribution in [0.5, 0.6) is 0 Å². The first kappa shape index (κ1) is 24.5. The number of esters is 1. The van der Waals surface area contributed by atoms with Crippen molar-refractivity contribution < 1.29 is 27.1 Å². The van der Waals surface area contributed by atoms with Crippen molar-refractivity contribution in [3.05, 3.63) is 47.5 Å². The van der Waals surface area contributed by atoms with Gasteiger partial charge in [-0.1, -0.05) is 32.0 Å². The number of benzene rings is 2. The van der Waals surface area contributed by atoms with E-state index < -0.39 is 24.2 Å². The van der Waals surface area contributed by atoms with Crippen LogP contribution in [-0.4, -0.2) is 38.4 Å². The van der Waals surface area contributed by atoms with Crippen molar-refractivity contribution in [2.45, 2.75) is 57.3 Å². The van der Waals surface area contributed by atoms with Gasteiger partial charge < -0.3 is 14.5 Å². The van der Waals surface area contributed by atoms with Gasteiger partial charge in [-0.3, -0.25) is 10.1 Å². The van der Waals surface area contributed by atoms with Crippen LogP contribution in [0.3, 0.4) is 0 Å². The van der Waals surface area contributed by atoms with Crippen LogP contribution in [0.25, 0.3) is 21.9 Å². The van der Waals surface area contributed by atoms with Crippen molar-refractivity contribution in [1.82, 2.24) is 10.6 Å². The van der Waals surface area contributed by atoms with E-state index in [0.717, 1.165) is 36.7 Å². The zero-order chi connectivity index (χ0) is 24.5. The highest BCUT2D eigenvalue weighted by Crippen LogP contribution is 2.38. The summed E-state index contributed by atoms with van der Waals surface area (Å²) >= 11 is 0. The van der Waals surface area contributed by atoms with Crippen LogP contribution in [0.4, 0.5) is 13.2 Å². The highest BCUT2D eigenvalue weighted by molar-refractivity contribution is 6.05. The van der Waals surface area contributed by atoms with Crippen molar-refractivity contribution >= 4 is 27.9 Å². The predicted octanol–water partition coefficient (Wildman–Crippen LogP) is 5.83. The summed E-state index contributed by atoms with van der Waals surface area (Å²) in [4.78, 5) is 12.2. The molecule has 1 aromatic heterocycles. The number of carbonyl (C=O) groups excluding carboxylic acids is 1. The first-order chi connectivity index (χ1) is 16.2. The van der Waals surface area contributed by atoms with E-state index >= 15 is 0 Å². The highest BCUT2D eigenvalue weighted by atomic mass is 19.4. The Morgan fingerprint density at radius 3 is 2.50 bits per heavy atom. The minimum Gasteiger partial charge on any atom is -0.468 e. The molecule has 2 aromatic carbocycles. The Morgan fingerprint density at radius 2 is 1.85 bits per heavy atom. The molecule has 2 atom stereocenters. The highest BCUT2D eigenvalue weighted by Gasteiger charge is 2.43. The number of ether oxygens (including phenoxy) is 1. The maximum Gasteiger partial charge on any atom is 0.407 e. The Bertz CT molecular complexity index is 1150. The largest absolute Gasteiger partial charge is 0.468 e. The second kappa shape index (κ2) is 9.96. The van der Waals surface area contributed by atoms with Gasteiger partial charge in [-0.05, 0) is 73.5 Å². The molecule has 0 spiro atoms. The van der Waals surface area contributed by atoms with Crippen LogP contribution >= 0.6 is 0 Å². The van der Waals surface area contributed by atoms with E-state index in [1.165, 1.54) is 24.8 Å². The summed E-state index contributed by atoms with van der Waals surface area (Å²) in [5.74, 6) is -0.236. The van der Waals surface area contributed by atoms with E-state index in [0.29, 0.717) is 17.1 Å². The van der Waals surface area contributed by atoms with Gasteiger partial charge in [-0.25, -0.2) is 0 Å². The third kappa shape index (κ3) is 5.23. The van der Waals surface area contributed by atoms with Crippen molar-refractivity contribution in [3.8, 4) is 0 Å². The summed E-state index contributed by atoms with van der Waals surface area (Å²) in [5, 5.41) is 7.54. The van der Waals surface area contributed by atoms with E-state index in [4.69, 9.17) is 9.15 Å². The van der Waals surface area contributed by atoms with Crippen LogP contribution in [0, 0.1) is 5.92 Å². The van der Waals surface area contributed by atoms with E-state index in [9.17, 15) is 18.0 Å². The molecule has 1 fully saturated rings. The molecule has 184 valence electrons. The molecule has 0 aliphatic carbocycles. The Kier molecular flexibility index (Phi) is 7.19. The van der Waals surface area contributed by atoms with Crippen LogP contribution < -0.4 is 10.6 Å². The fourth-order valence-corrected chi connectivity index (χ4v) is 4.83. The van der Waals surface area contributed by atoms with Gasteiger partial charge in [0.15, 0.2) is 0 Å². The lowest BCUT2D eigenvalue weighted by Gasteiger charge is -2.27. The van der Waals surface area contributed by atoms with Crippen LogP contribution in [0.15, 0.2) is 40.8 Å². The molecule has 0 bridgehead atoms. The second-order valence-electron chi connectivity index (χ2n) is 9.48. The number of carbonyl (C=O) groups is 1. The smallest absolute Gasteiger partial charge is 0.407 e. The number of nitrogens with one attached hydrogen (secondary N) is 2. The van der Waals surface area contributed by atoms with Gasteiger partial charge >= 0.3 is 12.1 Å². The van der Waals surface area contributed by atoms with Crippen molar-refractivity contribution in [2.75, 3.05) is 20.2 Å². The molecule has 1 saturated heterocycles. The van der Waals surface area contributed by atoms with Gasteiger partial charge in [-0.15, -0.1) is 0 Å². The summed E-state index contributed by atoms with van der Waals surface area (Å²) in [5.41, 5.74) is 2.26. The fourth-order valence-electron chi connectivity index (χ4n) is 4.83. The summed E-state index contributed by atoms with van der Waals surface area (Å²) in [6.45, 7) is 5.65. The number of hydrogen-bond acceptors (Lipinski definition) is 5. The van der Waals surface area contributed by atoms with E-state index in [2.05, 4.69) is 22.8 Å². The van der Waals surface area contributed by atoms with Gasteiger partial charge in [-0.2, -0.15) is 13.2 Å². The molecule has 4 rings (SSSR count). The zero-order valence-corrected chi connectivity index (χ0v) is 19.7. The van der Waals surface area contributed by atoms with E-state index in [1.54, 1.807) is 6.07 Å². The molecule has 34 heavy (non-hydrogen) atoms. The topological polar surface area (TPSA) is 63.5 Å². The summed E-state index contributed by atoms with van der Waals surface area (Å²) in [7, 11) is 1.18. The molecule has 5 nitrogen and oxygen atoms in total. The Labute approximate surface area is 197 Å². The Morgan fingerprint density at radius 1 is 1.12 bits per heavy atom. The lowest BCUT2D eigenvalue weighted by molar-refractivity contribution is -0.164. The molecule has 8 heteroatoms. The second-order valence-corrected chi connectivity index (χ2v) is 9.48. The van der Waals surface area contributed by atoms with Crippen LogP contribution in [0.2, 0.25) is 0 Å². The molecule has 2 heterocycles. The molecule has 2 N–H and O–H groups in total. The minimum atomic E-state index is -4.61. The molecular formula is C26H31F3N2O3. The lowest BCUT2D eigenvalue weighted by Crippen LogP contribution is -2.45. The standard InChI is InChI=1S/C26H31F3N2O3/c1-15(2)12-21(25(32)33-3)31-24(26(27,28)29)18-4-6-19-20-13-17(16-8-10-30-11-9-16)5-7-22(20)34-23(19)14-18/h4-7,13-16,21,24,30-31H,8-12H2,1-3H3. The number of furan rings is 1. The quantitative estimate of drug-likeness (QED) is 0.420. The number of fused-ring (bicyclic) bond motifs is 3. The number of halogens is 3. The monoisotopic (exact) mass is 476 g/mol. The summed E-state index contributed by atoms with van der Waals surface area (Å²) in [6, 6.07) is 7.52. The van der Waals surface area contributed by atoms with Gasteiger partial charge in [0.1, 0.15) is 23.2 Å². The number of methoxy groups -OCH3 is 1. The minimum absolute atomic E-state index is 0.00436. The maximum absolute atomic E-state index is 14.1. The van der Waals surface area contributed by atoms with Gasteiger partial charge in [0, 0.05) is 10.8 Å². The average Bonchev–Trinajstić information content (AvgIpc) is 3.17. The normalized spacial score (nSPS) is 17.4. The molecule has 0 saturated carbocycles. The van der Waals surface area contributed by atoms with Crippen molar-refractivity contribution in [2.24, 2.45) is 5.92 Å². The van der Waals surface area contributed by atoms with Crippen molar-refractivity contribution in [1.29, 1.82) is 0 Å². The third-order valence-electron chi connectivity index (χ3n) is 6.55. The molecule has 1 aliphatic rings. The van der Waals surface area contributed by atoms with E-state index in [1.807, 2.05) is 19.9 Å². The predicted molar refractivity (Wildman–Crippen MR) is 126 cm³/mol. The SMILES string of the molecule is COC(=O)C(CC(C)C)NC(c1ccc2c(c1)oc1ccc(C3CCNCC3)cc12)C(F)(F)F. The lowest BCUT2D eigenvalue weighted by atomic mass is 9.89. The zero-order valence-electron chi connectivity index (χ0n) is 19.7. The van der Waals surface area contributed by atoms with Gasteiger partial charge in [0.2, 0.25) is 0 Å². The molecule has 1 aliphatic heterocycles. The van der Waals surface area contributed by atoms with Crippen LogP contribution in [-0.2, 0) is 9.53 Å². The fraction of sp³-hybridized carbons (Fsp3) is 0.500. The summed E-state index contributed by atoms with van der Waals surface area (Å²) in [6.07, 6.45) is -2.26. The van der Waals surface area contributed by atoms with Gasteiger partial charge in [0.05, 0.1) is 7.11 Å². The number of piperidine rings is 1. The van der Waals surface area contributed by atoms with E-state index in [-0.39, 0.29) is 17.9 Å². The number of hydrogen-bond donors (Lipinski definition) is 2. The average molecular weight is 477 g/mol. The molecule has 2 unspecified atom stereocenters. The van der Waals surface area contributed by atoms with Crippen molar-refractivity contribution in [3.63, 3.8) is 0 Å². The third-order valence-corrected chi connectivity index (χ3v) is 6.55. The molecule has 3 aromatic rings. The number of alkyl halides is 3. The number of rotatable bonds is 7. The molecule has 0 amide bonds. The first-order valence-corrected chi connectivity index (χ1v) is 11.7. The Hall–Kier alpha value is -2.58. The molecule has 0 radical (unpaired) electrons. The Balaban J connectivity index is 1.69. The van der Waals surface area contributed by atoms with Crippen LogP contribution in [0.1, 0.15) is 56.2 Å². The maximum atomic E-state index is 14.1. The van der Waals surface area contributed by atoms with Gasteiger partial charge in [0.25, 0.3) is 0 Å².